The number of anilines is 1. The molecule has 6 nitrogen and oxygen atoms in total. The van der Waals surface area contributed by atoms with Gasteiger partial charge in [-0.3, -0.25) is 0 Å². The van der Waals surface area contributed by atoms with Crippen LogP contribution in [0.5, 0.6) is 5.75 Å². The molecular weight excluding hydrogens is 536 g/mol. The summed E-state index contributed by atoms with van der Waals surface area (Å²) in [5.74, 6) is 0.879. The molecule has 3 N–H and O–H groups in total. The summed E-state index contributed by atoms with van der Waals surface area (Å²) in [6, 6.07) is 11.9. The van der Waals surface area contributed by atoms with Crippen molar-refractivity contribution >= 4 is 35.6 Å². The number of rotatable bonds is 4. The molecule has 1 saturated heterocycles. The maximum Gasteiger partial charge on any atom is 0.416 e. The number of halogens is 4. The van der Waals surface area contributed by atoms with Crippen molar-refractivity contribution in [1.29, 1.82) is 0 Å². The van der Waals surface area contributed by atoms with Gasteiger partial charge in [0.2, 0.25) is 0 Å². The maximum atomic E-state index is 13.7. The minimum atomic E-state index is -4.48. The van der Waals surface area contributed by atoms with E-state index in [1.807, 2.05) is 29.2 Å². The molecule has 174 valence electrons. The maximum absolute atomic E-state index is 13.7. The Morgan fingerprint density at radius 1 is 1.12 bits per heavy atom. The van der Waals surface area contributed by atoms with E-state index >= 15 is 0 Å². The summed E-state index contributed by atoms with van der Waals surface area (Å²) in [7, 11) is 0. The summed E-state index contributed by atoms with van der Waals surface area (Å²) in [6.45, 7) is 2.51. The second kappa shape index (κ2) is 10.6. The number of morpholine rings is 1. The van der Waals surface area contributed by atoms with Crippen LogP contribution < -0.4 is 20.7 Å². The van der Waals surface area contributed by atoms with E-state index < -0.39 is 11.7 Å². The van der Waals surface area contributed by atoms with Crippen LogP contribution in [0.2, 0.25) is 0 Å². The Morgan fingerprint density at radius 2 is 1.88 bits per heavy atom. The molecule has 0 radical (unpaired) electrons. The highest BCUT2D eigenvalue weighted by atomic mass is 127. The lowest BCUT2D eigenvalue weighted by atomic mass is 10.0. The zero-order chi connectivity index (χ0) is 21.8. The lowest BCUT2D eigenvalue weighted by Gasteiger charge is -2.29. The lowest BCUT2D eigenvalue weighted by molar-refractivity contribution is -0.138. The number of hydrogen-bond donors (Lipinski definition) is 2. The van der Waals surface area contributed by atoms with Crippen molar-refractivity contribution in [3.8, 4) is 5.75 Å². The Morgan fingerprint density at radius 3 is 2.62 bits per heavy atom. The van der Waals surface area contributed by atoms with Gasteiger partial charge in [-0.05, 0) is 23.8 Å². The van der Waals surface area contributed by atoms with Crippen molar-refractivity contribution in [2.75, 3.05) is 37.8 Å². The number of alkyl halides is 3. The average molecular weight is 562 g/mol. The van der Waals surface area contributed by atoms with E-state index in [1.54, 1.807) is 6.07 Å². The summed E-state index contributed by atoms with van der Waals surface area (Å²) in [6.07, 6.45) is -3.79. The molecule has 2 heterocycles. The molecule has 2 aliphatic heterocycles. The summed E-state index contributed by atoms with van der Waals surface area (Å²) in [4.78, 5) is 6.08. The molecule has 2 aromatic carbocycles. The number of fused-ring (bicyclic) bond motifs is 1. The number of hydrogen-bond acceptors (Lipinski definition) is 4. The summed E-state index contributed by atoms with van der Waals surface area (Å²) in [5, 5.41) is 3.11. The van der Waals surface area contributed by atoms with Gasteiger partial charge in [-0.15, -0.1) is 24.0 Å². The van der Waals surface area contributed by atoms with E-state index in [4.69, 9.17) is 15.2 Å². The molecule has 1 unspecified atom stereocenters. The van der Waals surface area contributed by atoms with Gasteiger partial charge >= 0.3 is 6.18 Å². The number of benzene rings is 2. The average Bonchev–Trinajstić information content (AvgIpc) is 2.78. The van der Waals surface area contributed by atoms with Gasteiger partial charge < -0.3 is 25.4 Å². The van der Waals surface area contributed by atoms with Gasteiger partial charge in [0.05, 0.1) is 38.0 Å². The number of nitrogens with one attached hydrogen (secondary N) is 1. The normalized spacial score (nSPS) is 18.9. The van der Waals surface area contributed by atoms with Crippen LogP contribution >= 0.6 is 24.0 Å². The molecule has 32 heavy (non-hydrogen) atoms. The fourth-order valence-electron chi connectivity index (χ4n) is 3.87. The Kier molecular flexibility index (Phi) is 8.10. The van der Waals surface area contributed by atoms with Gasteiger partial charge in [-0.25, -0.2) is 4.99 Å². The molecule has 0 amide bonds. The molecule has 4 rings (SSSR count). The first-order valence-electron chi connectivity index (χ1n) is 10.2. The van der Waals surface area contributed by atoms with Gasteiger partial charge in [-0.2, -0.15) is 13.2 Å². The molecule has 10 heteroatoms. The molecule has 1 fully saturated rings. The Labute approximate surface area is 202 Å². The topological polar surface area (TPSA) is 72.1 Å². The molecular formula is C22H26F3IN4O2. The van der Waals surface area contributed by atoms with Crippen LogP contribution in [-0.2, 0) is 17.5 Å². The van der Waals surface area contributed by atoms with E-state index in [0.29, 0.717) is 45.0 Å². The van der Waals surface area contributed by atoms with E-state index in [2.05, 4.69) is 10.3 Å². The minimum Gasteiger partial charge on any atom is -0.493 e. The summed E-state index contributed by atoms with van der Waals surface area (Å²) < 4.78 is 52.0. The van der Waals surface area contributed by atoms with E-state index in [9.17, 15) is 13.2 Å². The molecule has 0 aromatic heterocycles. The number of guanidine groups is 1. The van der Waals surface area contributed by atoms with Crippen molar-refractivity contribution in [2.45, 2.75) is 25.2 Å². The van der Waals surface area contributed by atoms with Gasteiger partial charge in [0, 0.05) is 30.8 Å². The zero-order valence-corrected chi connectivity index (χ0v) is 19.7. The van der Waals surface area contributed by atoms with Gasteiger partial charge in [0.25, 0.3) is 0 Å². The summed E-state index contributed by atoms with van der Waals surface area (Å²) in [5.41, 5.74) is 6.90. The SMILES string of the molecule is I.NC(=NCc1ccc(N2CCOCC2)cc1C(F)(F)F)NC1CCOc2ccccc21. The Hall–Kier alpha value is -2.21. The molecule has 0 bridgehead atoms. The number of aliphatic imine (C=N–C) groups is 1. The van der Waals surface area contributed by atoms with Crippen LogP contribution in [0.3, 0.4) is 0 Å². The van der Waals surface area contributed by atoms with Crippen LogP contribution in [0.25, 0.3) is 0 Å². The number of para-hydroxylation sites is 1. The minimum absolute atomic E-state index is 0. The van der Waals surface area contributed by atoms with Crippen molar-refractivity contribution in [3.63, 3.8) is 0 Å². The monoisotopic (exact) mass is 562 g/mol. The first-order chi connectivity index (χ1) is 14.9. The molecule has 0 aliphatic carbocycles. The molecule has 2 aliphatic rings. The molecule has 0 spiro atoms. The van der Waals surface area contributed by atoms with Crippen molar-refractivity contribution in [2.24, 2.45) is 10.7 Å². The van der Waals surface area contributed by atoms with Crippen LogP contribution in [0, 0.1) is 0 Å². The zero-order valence-electron chi connectivity index (χ0n) is 17.4. The highest BCUT2D eigenvalue weighted by Crippen LogP contribution is 2.35. The first kappa shape index (κ1) is 24.4. The Bertz CT molecular complexity index is 949. The summed E-state index contributed by atoms with van der Waals surface area (Å²) >= 11 is 0. The number of nitrogens with two attached hydrogens (primary N) is 1. The Balaban J connectivity index is 0.00000289. The van der Waals surface area contributed by atoms with Crippen LogP contribution in [0.15, 0.2) is 47.5 Å². The van der Waals surface area contributed by atoms with Crippen LogP contribution in [-0.4, -0.2) is 38.9 Å². The fourth-order valence-corrected chi connectivity index (χ4v) is 3.87. The predicted molar refractivity (Wildman–Crippen MR) is 128 cm³/mol. The first-order valence-corrected chi connectivity index (χ1v) is 10.2. The standard InChI is InChI=1S/C22H25F3N4O2.HI/c23-22(24,25)18-13-16(29-8-11-30-12-9-29)6-5-15(18)14-27-21(26)28-19-7-10-31-20-4-2-1-3-17(19)20;/h1-6,13,19H,7-12,14H2,(H3,26,27,28);1H. The van der Waals surface area contributed by atoms with Crippen LogP contribution in [0.1, 0.15) is 29.2 Å². The smallest absolute Gasteiger partial charge is 0.416 e. The van der Waals surface area contributed by atoms with Crippen LogP contribution in [0.4, 0.5) is 18.9 Å². The lowest BCUT2D eigenvalue weighted by Crippen LogP contribution is -2.37. The van der Waals surface area contributed by atoms with Crippen molar-refractivity contribution in [1.82, 2.24) is 5.32 Å². The van der Waals surface area contributed by atoms with Crippen molar-refractivity contribution in [3.05, 3.63) is 59.2 Å². The third-order valence-corrected chi connectivity index (χ3v) is 5.48. The molecule has 2 aromatic rings. The van der Waals surface area contributed by atoms with E-state index in [0.717, 1.165) is 11.3 Å². The second-order valence-corrected chi connectivity index (χ2v) is 7.51. The van der Waals surface area contributed by atoms with E-state index in [1.165, 1.54) is 12.1 Å². The van der Waals surface area contributed by atoms with Gasteiger partial charge in [0.15, 0.2) is 5.96 Å². The highest BCUT2D eigenvalue weighted by Gasteiger charge is 2.34. The third-order valence-electron chi connectivity index (χ3n) is 5.48. The second-order valence-electron chi connectivity index (χ2n) is 7.51. The van der Waals surface area contributed by atoms with Crippen molar-refractivity contribution < 1.29 is 22.6 Å². The molecule has 0 saturated carbocycles. The number of ether oxygens (including phenoxy) is 2. The molecule has 1 atom stereocenters. The predicted octanol–water partition coefficient (Wildman–Crippen LogP) is 4.09. The van der Waals surface area contributed by atoms with Gasteiger partial charge in [0.1, 0.15) is 5.75 Å². The highest BCUT2D eigenvalue weighted by molar-refractivity contribution is 14.0. The largest absolute Gasteiger partial charge is 0.493 e. The fraction of sp³-hybridized carbons (Fsp3) is 0.409. The number of nitrogens with zero attached hydrogens (tertiary/aromatic N) is 2. The van der Waals surface area contributed by atoms with Gasteiger partial charge in [-0.1, -0.05) is 24.3 Å². The quantitative estimate of drug-likeness (QED) is 0.334. The van der Waals surface area contributed by atoms with E-state index in [-0.39, 0.29) is 48.1 Å². The third kappa shape index (κ3) is 5.77.